The molecule has 1 amide bonds. The zero-order valence-electron chi connectivity index (χ0n) is 11.9. The molecular formula is C14H21N3OS. The van der Waals surface area contributed by atoms with Gasteiger partial charge in [-0.3, -0.25) is 4.79 Å². The lowest BCUT2D eigenvalue weighted by molar-refractivity contribution is -0.121. The Bertz CT molecular complexity index is 487. The van der Waals surface area contributed by atoms with Gasteiger partial charge >= 0.3 is 0 Å². The molecule has 1 atom stereocenters. The molecule has 0 saturated heterocycles. The summed E-state index contributed by atoms with van der Waals surface area (Å²) in [6, 6.07) is 7.63. The first-order valence-corrected chi connectivity index (χ1v) is 6.61. The Kier molecular flexibility index (Phi) is 4.89. The van der Waals surface area contributed by atoms with Crippen LogP contribution in [0.4, 0.5) is 11.4 Å². The lowest BCUT2D eigenvalue weighted by atomic mass is 9.86. The van der Waals surface area contributed by atoms with Crippen LogP contribution in [0, 0.1) is 5.41 Å². The number of benzene rings is 1. The fourth-order valence-corrected chi connectivity index (χ4v) is 1.81. The summed E-state index contributed by atoms with van der Waals surface area (Å²) in [4.78, 5) is 14.5. The smallest absolute Gasteiger partial charge is 0.237 e. The van der Waals surface area contributed by atoms with E-state index in [1.165, 1.54) is 0 Å². The molecule has 19 heavy (non-hydrogen) atoms. The van der Waals surface area contributed by atoms with Crippen LogP contribution in [-0.2, 0) is 4.79 Å². The number of hydrogen-bond acceptors (Lipinski definition) is 3. The van der Waals surface area contributed by atoms with Gasteiger partial charge in [0, 0.05) is 25.5 Å². The molecule has 0 spiro atoms. The SMILES string of the molecule is CCC(C)(C(=O)Nc1cccc(N(C)C)c1)C(N)=S. The molecule has 1 aromatic rings. The Morgan fingerprint density at radius 2 is 2.11 bits per heavy atom. The lowest BCUT2D eigenvalue weighted by Gasteiger charge is -2.25. The largest absolute Gasteiger partial charge is 0.392 e. The molecule has 0 aliphatic carbocycles. The number of rotatable bonds is 5. The van der Waals surface area contributed by atoms with Gasteiger partial charge in [0.2, 0.25) is 5.91 Å². The fourth-order valence-electron chi connectivity index (χ4n) is 1.58. The van der Waals surface area contributed by atoms with E-state index in [-0.39, 0.29) is 10.9 Å². The zero-order valence-corrected chi connectivity index (χ0v) is 12.7. The molecule has 0 aromatic heterocycles. The molecule has 0 aliphatic rings. The van der Waals surface area contributed by atoms with Crippen molar-refractivity contribution in [2.75, 3.05) is 24.3 Å². The average Bonchev–Trinajstić information content (AvgIpc) is 2.37. The van der Waals surface area contributed by atoms with E-state index in [0.717, 1.165) is 11.4 Å². The van der Waals surface area contributed by atoms with Gasteiger partial charge in [0.15, 0.2) is 0 Å². The van der Waals surface area contributed by atoms with Crippen LogP contribution in [0.1, 0.15) is 20.3 Å². The minimum atomic E-state index is -0.816. The van der Waals surface area contributed by atoms with Crippen LogP contribution in [0.25, 0.3) is 0 Å². The molecule has 104 valence electrons. The van der Waals surface area contributed by atoms with Gasteiger partial charge in [-0.2, -0.15) is 0 Å². The molecule has 1 aromatic carbocycles. The molecule has 1 unspecified atom stereocenters. The van der Waals surface area contributed by atoms with Crippen molar-refractivity contribution in [1.82, 2.24) is 0 Å². The van der Waals surface area contributed by atoms with E-state index in [1.807, 2.05) is 50.2 Å². The minimum Gasteiger partial charge on any atom is -0.392 e. The second-order valence-electron chi connectivity index (χ2n) is 4.95. The average molecular weight is 279 g/mol. The number of nitrogens with two attached hydrogens (primary N) is 1. The molecule has 0 heterocycles. The van der Waals surface area contributed by atoms with Crippen LogP contribution < -0.4 is 16.0 Å². The Morgan fingerprint density at radius 3 is 2.58 bits per heavy atom. The molecule has 3 N–H and O–H groups in total. The van der Waals surface area contributed by atoms with Crippen molar-refractivity contribution in [3.05, 3.63) is 24.3 Å². The van der Waals surface area contributed by atoms with Crippen molar-refractivity contribution < 1.29 is 4.79 Å². The van der Waals surface area contributed by atoms with Crippen molar-refractivity contribution in [1.29, 1.82) is 0 Å². The number of amides is 1. The second-order valence-corrected chi connectivity index (χ2v) is 5.39. The molecule has 0 bridgehead atoms. The Morgan fingerprint density at radius 1 is 1.47 bits per heavy atom. The number of hydrogen-bond donors (Lipinski definition) is 2. The highest BCUT2D eigenvalue weighted by Gasteiger charge is 2.34. The zero-order chi connectivity index (χ0) is 14.6. The maximum Gasteiger partial charge on any atom is 0.237 e. The predicted molar refractivity (Wildman–Crippen MR) is 84.6 cm³/mol. The van der Waals surface area contributed by atoms with Gasteiger partial charge in [-0.1, -0.05) is 25.2 Å². The Balaban J connectivity index is 2.93. The van der Waals surface area contributed by atoms with E-state index in [9.17, 15) is 4.79 Å². The minimum absolute atomic E-state index is 0.168. The summed E-state index contributed by atoms with van der Waals surface area (Å²) < 4.78 is 0. The summed E-state index contributed by atoms with van der Waals surface area (Å²) >= 11 is 5.00. The first-order valence-electron chi connectivity index (χ1n) is 6.20. The highest BCUT2D eigenvalue weighted by Crippen LogP contribution is 2.25. The number of nitrogens with one attached hydrogen (secondary N) is 1. The van der Waals surface area contributed by atoms with Gasteiger partial charge in [-0.25, -0.2) is 0 Å². The van der Waals surface area contributed by atoms with Crippen molar-refractivity contribution in [2.24, 2.45) is 11.1 Å². The van der Waals surface area contributed by atoms with E-state index >= 15 is 0 Å². The molecular weight excluding hydrogens is 258 g/mol. The summed E-state index contributed by atoms with van der Waals surface area (Å²) in [5, 5.41) is 2.88. The van der Waals surface area contributed by atoms with Crippen molar-refractivity contribution in [2.45, 2.75) is 20.3 Å². The topological polar surface area (TPSA) is 58.4 Å². The van der Waals surface area contributed by atoms with Crippen LogP contribution in [0.15, 0.2) is 24.3 Å². The highest BCUT2D eigenvalue weighted by molar-refractivity contribution is 7.80. The number of carbonyl (C=O) groups excluding carboxylic acids is 1. The van der Waals surface area contributed by atoms with E-state index in [1.54, 1.807) is 6.92 Å². The molecule has 5 heteroatoms. The summed E-state index contributed by atoms with van der Waals surface area (Å²) in [7, 11) is 3.90. The van der Waals surface area contributed by atoms with Crippen molar-refractivity contribution >= 4 is 34.5 Å². The van der Waals surface area contributed by atoms with Crippen LogP contribution in [0.5, 0.6) is 0 Å². The first-order chi connectivity index (χ1) is 8.81. The van der Waals surface area contributed by atoms with E-state index in [2.05, 4.69) is 5.32 Å². The van der Waals surface area contributed by atoms with E-state index < -0.39 is 5.41 Å². The maximum absolute atomic E-state index is 12.3. The first kappa shape index (κ1) is 15.4. The Hall–Kier alpha value is -1.62. The predicted octanol–water partition coefficient (Wildman–Crippen LogP) is 2.39. The Labute approximate surface area is 120 Å². The fraction of sp³-hybridized carbons (Fsp3) is 0.429. The molecule has 0 radical (unpaired) electrons. The quantitative estimate of drug-likeness (QED) is 0.813. The normalized spacial score (nSPS) is 13.5. The van der Waals surface area contributed by atoms with Crippen molar-refractivity contribution in [3.63, 3.8) is 0 Å². The van der Waals surface area contributed by atoms with Crippen molar-refractivity contribution in [3.8, 4) is 0 Å². The summed E-state index contributed by atoms with van der Waals surface area (Å²) in [6.07, 6.45) is 0.571. The van der Waals surface area contributed by atoms with Crippen LogP contribution in [0.3, 0.4) is 0 Å². The van der Waals surface area contributed by atoms with Gasteiger partial charge in [0.1, 0.15) is 0 Å². The lowest BCUT2D eigenvalue weighted by Crippen LogP contribution is -2.43. The summed E-state index contributed by atoms with van der Waals surface area (Å²) in [5.41, 5.74) is 6.62. The van der Waals surface area contributed by atoms with Crippen LogP contribution in [-0.4, -0.2) is 25.0 Å². The van der Waals surface area contributed by atoms with Gasteiger partial charge in [0.05, 0.1) is 10.4 Å². The molecule has 0 aliphatic heterocycles. The molecule has 0 fully saturated rings. The number of carbonyl (C=O) groups is 1. The third-order valence-corrected chi connectivity index (χ3v) is 3.82. The van der Waals surface area contributed by atoms with Gasteiger partial charge in [-0.15, -0.1) is 0 Å². The third kappa shape index (κ3) is 3.44. The molecule has 0 saturated carbocycles. The third-order valence-electron chi connectivity index (χ3n) is 3.37. The number of thiocarbonyl (C=S) groups is 1. The maximum atomic E-state index is 12.3. The highest BCUT2D eigenvalue weighted by atomic mass is 32.1. The van der Waals surface area contributed by atoms with Gasteiger partial charge in [-0.05, 0) is 31.5 Å². The van der Waals surface area contributed by atoms with Gasteiger partial charge in [0.25, 0.3) is 0 Å². The summed E-state index contributed by atoms with van der Waals surface area (Å²) in [5.74, 6) is -0.168. The van der Waals surface area contributed by atoms with Gasteiger partial charge < -0.3 is 16.0 Å². The van der Waals surface area contributed by atoms with E-state index in [0.29, 0.717) is 6.42 Å². The number of anilines is 2. The monoisotopic (exact) mass is 279 g/mol. The van der Waals surface area contributed by atoms with Crippen LogP contribution in [0.2, 0.25) is 0 Å². The second kappa shape index (κ2) is 6.02. The summed E-state index contributed by atoms with van der Waals surface area (Å²) in [6.45, 7) is 3.66. The standard InChI is InChI=1S/C14H21N3OS/c1-5-14(2,12(15)19)13(18)16-10-7-6-8-11(9-10)17(3)4/h6-9H,5H2,1-4H3,(H2,15,19)(H,16,18). The van der Waals surface area contributed by atoms with E-state index in [4.69, 9.17) is 18.0 Å². The molecule has 4 nitrogen and oxygen atoms in total. The van der Waals surface area contributed by atoms with Crippen LogP contribution >= 0.6 is 12.2 Å². The number of nitrogens with zero attached hydrogens (tertiary/aromatic N) is 1. The molecule has 1 rings (SSSR count).